The second-order valence-electron chi connectivity index (χ2n) is 8.64. The molecule has 172 valence electrons. The van der Waals surface area contributed by atoms with Crippen molar-refractivity contribution in [1.82, 2.24) is 9.58 Å². The predicted octanol–water partition coefficient (Wildman–Crippen LogP) is 5.31. The van der Waals surface area contributed by atoms with E-state index in [4.69, 9.17) is 4.74 Å². The van der Waals surface area contributed by atoms with E-state index in [1.54, 1.807) is 13.2 Å². The number of amides is 1. The number of carbonyl (C=O) groups excluding carboxylic acids is 1. The van der Waals surface area contributed by atoms with Crippen LogP contribution in [-0.2, 0) is 16.1 Å². The molecule has 0 radical (unpaired) electrons. The van der Waals surface area contributed by atoms with Crippen molar-refractivity contribution in [1.29, 1.82) is 0 Å². The number of ether oxygens (including phenoxy) is 1. The second kappa shape index (κ2) is 9.02. The quantitative estimate of drug-likeness (QED) is 0.554. The number of hydrogen-bond acceptors (Lipinski definition) is 5. The van der Waals surface area contributed by atoms with E-state index >= 15 is 0 Å². The van der Waals surface area contributed by atoms with Gasteiger partial charge in [-0.05, 0) is 36.0 Å². The van der Waals surface area contributed by atoms with Crippen molar-refractivity contribution in [2.75, 3.05) is 13.7 Å². The molecule has 0 bridgehead atoms. The Morgan fingerprint density at radius 1 is 1.18 bits per heavy atom. The number of aromatic nitrogens is 1. The van der Waals surface area contributed by atoms with Gasteiger partial charge in [0.25, 0.3) is 5.91 Å². The number of hydrazone groups is 1. The van der Waals surface area contributed by atoms with E-state index in [0.717, 1.165) is 34.3 Å². The Kier molecular flexibility index (Phi) is 5.93. The van der Waals surface area contributed by atoms with E-state index in [1.807, 2.05) is 22.8 Å². The van der Waals surface area contributed by atoms with Crippen LogP contribution in [0.15, 0.2) is 41.5 Å². The zero-order chi connectivity index (χ0) is 22.9. The maximum atomic E-state index is 13.3. The van der Waals surface area contributed by atoms with Crippen molar-refractivity contribution in [2.24, 2.45) is 5.10 Å². The lowest BCUT2D eigenvalue weighted by Gasteiger charge is -2.23. The van der Waals surface area contributed by atoms with Gasteiger partial charge >= 0.3 is 5.97 Å². The van der Waals surface area contributed by atoms with Crippen LogP contribution in [0.5, 0.6) is 0 Å². The molecular formula is C25H27N3O4S. The molecule has 0 atom stereocenters. The number of carbonyl (C=O) groups is 2. The molecule has 2 aliphatic rings. The molecule has 3 heterocycles. The molecule has 0 saturated heterocycles. The number of fused-ring (bicyclic) bond motifs is 1. The largest absolute Gasteiger partial charge is 0.483 e. The zero-order valence-electron chi connectivity index (χ0n) is 18.6. The molecule has 1 fully saturated rings. The first-order chi connectivity index (χ1) is 16.1. The average Bonchev–Trinajstić information content (AvgIpc) is 3.55. The predicted molar refractivity (Wildman–Crippen MR) is 129 cm³/mol. The maximum Gasteiger partial charge on any atom is 0.345 e. The van der Waals surface area contributed by atoms with Gasteiger partial charge < -0.3 is 14.4 Å². The highest BCUT2D eigenvalue weighted by Gasteiger charge is 2.31. The van der Waals surface area contributed by atoms with E-state index in [0.29, 0.717) is 29.7 Å². The first-order valence-corrected chi connectivity index (χ1v) is 12.2. The van der Waals surface area contributed by atoms with Crippen molar-refractivity contribution in [3.05, 3.63) is 46.8 Å². The number of thiophene rings is 1. The number of hydrogen-bond donors (Lipinski definition) is 1. The molecule has 8 heteroatoms. The van der Waals surface area contributed by atoms with Gasteiger partial charge in [0.2, 0.25) is 5.90 Å². The van der Waals surface area contributed by atoms with Crippen LogP contribution in [0.4, 0.5) is 0 Å². The first kappa shape index (κ1) is 21.7. The molecule has 33 heavy (non-hydrogen) atoms. The van der Waals surface area contributed by atoms with Gasteiger partial charge in [0.15, 0.2) is 0 Å². The van der Waals surface area contributed by atoms with Gasteiger partial charge in [-0.3, -0.25) is 4.79 Å². The third-order valence-electron chi connectivity index (χ3n) is 6.63. The van der Waals surface area contributed by atoms with Crippen LogP contribution in [-0.4, -0.2) is 46.1 Å². The van der Waals surface area contributed by atoms with Crippen LogP contribution >= 0.6 is 11.3 Å². The molecule has 1 N–H and O–H groups in total. The Morgan fingerprint density at radius 3 is 2.61 bits per heavy atom. The van der Waals surface area contributed by atoms with Gasteiger partial charge in [-0.2, -0.15) is 0 Å². The van der Waals surface area contributed by atoms with Crippen molar-refractivity contribution >= 4 is 39.3 Å². The zero-order valence-corrected chi connectivity index (χ0v) is 19.4. The summed E-state index contributed by atoms with van der Waals surface area (Å²) in [6, 6.07) is 11.9. The van der Waals surface area contributed by atoms with Gasteiger partial charge in [0.1, 0.15) is 11.4 Å². The molecule has 3 aromatic rings. The lowest BCUT2D eigenvalue weighted by molar-refractivity contribution is -0.131. The number of methoxy groups -OCH3 is 1. The van der Waals surface area contributed by atoms with E-state index in [9.17, 15) is 14.7 Å². The molecule has 7 nitrogen and oxygen atoms in total. The summed E-state index contributed by atoms with van der Waals surface area (Å²) in [6.07, 6.45) is 6.35. The van der Waals surface area contributed by atoms with E-state index in [1.165, 1.54) is 41.2 Å². The summed E-state index contributed by atoms with van der Waals surface area (Å²) < 4.78 is 8.21. The highest BCUT2D eigenvalue weighted by Crippen LogP contribution is 2.46. The van der Waals surface area contributed by atoms with Crippen LogP contribution < -0.4 is 0 Å². The molecule has 2 aromatic heterocycles. The minimum Gasteiger partial charge on any atom is -0.483 e. The van der Waals surface area contributed by atoms with Crippen LogP contribution in [0.25, 0.3) is 21.5 Å². The summed E-state index contributed by atoms with van der Waals surface area (Å²) in [7, 11) is 1.56. The summed E-state index contributed by atoms with van der Waals surface area (Å²) in [6.45, 7) is 0.594. The summed E-state index contributed by atoms with van der Waals surface area (Å²) in [5.41, 5.74) is 4.10. The van der Waals surface area contributed by atoms with Gasteiger partial charge in [0.05, 0.1) is 29.6 Å². The Bertz CT molecular complexity index is 1220. The molecule has 0 spiro atoms. The highest BCUT2D eigenvalue weighted by atomic mass is 32.1. The van der Waals surface area contributed by atoms with Gasteiger partial charge in [-0.1, -0.05) is 49.6 Å². The molecule has 0 unspecified atom stereocenters. The Morgan fingerprint density at radius 2 is 1.94 bits per heavy atom. The van der Waals surface area contributed by atoms with Gasteiger partial charge in [-0.15, -0.1) is 16.4 Å². The number of carboxylic acids is 1. The first-order valence-electron chi connectivity index (χ1n) is 11.4. The fourth-order valence-electron chi connectivity index (χ4n) is 5.07. The van der Waals surface area contributed by atoms with E-state index in [2.05, 4.69) is 17.2 Å². The van der Waals surface area contributed by atoms with Gasteiger partial charge in [0, 0.05) is 6.42 Å². The monoisotopic (exact) mass is 465 g/mol. The van der Waals surface area contributed by atoms with Crippen LogP contribution in [0.1, 0.15) is 59.7 Å². The molecule has 1 aliphatic heterocycles. The van der Waals surface area contributed by atoms with E-state index in [-0.39, 0.29) is 12.5 Å². The minimum atomic E-state index is -0.932. The summed E-state index contributed by atoms with van der Waals surface area (Å²) >= 11 is 1.33. The third kappa shape index (κ3) is 4.04. The second-order valence-corrected chi connectivity index (χ2v) is 9.70. The van der Waals surface area contributed by atoms with E-state index < -0.39 is 5.97 Å². The average molecular weight is 466 g/mol. The van der Waals surface area contributed by atoms with Crippen LogP contribution in [0.2, 0.25) is 0 Å². The van der Waals surface area contributed by atoms with Crippen molar-refractivity contribution in [3.8, 4) is 11.3 Å². The smallest absolute Gasteiger partial charge is 0.345 e. The minimum absolute atomic E-state index is 0.101. The Hall–Kier alpha value is -3.13. The maximum absolute atomic E-state index is 13.3. The summed E-state index contributed by atoms with van der Waals surface area (Å²) in [5, 5.41) is 15.4. The molecule has 1 amide bonds. The number of carboxylic acid groups (broad SMARTS) is 1. The molecule has 1 saturated carbocycles. The standard InChI is InChI=1S/C25H27N3O4S/c1-32-20-12-13-28(26-20)21(29)15-27-18-14-19(25(30)31)33-24(18)22(16-8-4-2-5-9-16)23(27)17-10-6-3-7-11-17/h3,6-7,10-11,14,16H,2,4-5,8-9,12-13,15H2,1H3,(H,30,31). The number of benzene rings is 1. The summed E-state index contributed by atoms with van der Waals surface area (Å²) in [5.74, 6) is -0.151. The SMILES string of the molecule is COC1=NN(C(=O)Cn2c(-c3ccccc3)c(C3CCCCC3)c3sc(C(=O)O)cc32)CC1. The fourth-order valence-corrected chi connectivity index (χ4v) is 6.20. The van der Waals surface area contributed by atoms with Crippen molar-refractivity contribution in [2.45, 2.75) is 51.0 Å². The number of nitrogens with zero attached hydrogens (tertiary/aromatic N) is 3. The van der Waals surface area contributed by atoms with Crippen molar-refractivity contribution in [3.63, 3.8) is 0 Å². The normalized spacial score (nSPS) is 16.9. The number of rotatable bonds is 5. The summed E-state index contributed by atoms with van der Waals surface area (Å²) in [4.78, 5) is 25.4. The fraction of sp³-hybridized carbons (Fsp3) is 0.400. The lowest BCUT2D eigenvalue weighted by Crippen LogP contribution is -2.28. The Labute approximate surface area is 196 Å². The van der Waals surface area contributed by atoms with Gasteiger partial charge in [-0.25, -0.2) is 9.80 Å². The molecular weight excluding hydrogens is 438 g/mol. The van der Waals surface area contributed by atoms with Crippen molar-refractivity contribution < 1.29 is 19.4 Å². The third-order valence-corrected chi connectivity index (χ3v) is 7.78. The topological polar surface area (TPSA) is 84.1 Å². The van der Waals surface area contributed by atoms with Crippen LogP contribution in [0.3, 0.4) is 0 Å². The number of aromatic carboxylic acids is 1. The lowest BCUT2D eigenvalue weighted by atomic mass is 9.83. The van der Waals surface area contributed by atoms with Crippen LogP contribution in [0, 0.1) is 0 Å². The molecule has 1 aliphatic carbocycles. The Balaban J connectivity index is 1.68. The highest BCUT2D eigenvalue weighted by molar-refractivity contribution is 7.21. The molecule has 5 rings (SSSR count). The molecule has 1 aromatic carbocycles.